The van der Waals surface area contributed by atoms with Crippen molar-refractivity contribution in [2.24, 2.45) is 0 Å². The maximum Gasteiger partial charge on any atom is 0.115 e. The first-order valence-corrected chi connectivity index (χ1v) is 4.55. The molecule has 0 aliphatic heterocycles. The van der Waals surface area contributed by atoms with Gasteiger partial charge in [-0.2, -0.15) is 11.3 Å². The summed E-state index contributed by atoms with van der Waals surface area (Å²) in [4.78, 5) is 0. The summed E-state index contributed by atoms with van der Waals surface area (Å²) in [5, 5.41) is 12.7. The molecule has 2 aromatic rings. The van der Waals surface area contributed by atoms with Gasteiger partial charge in [-0.1, -0.05) is 30.3 Å². The number of rotatable bonds is 0. The van der Waals surface area contributed by atoms with E-state index >= 15 is 0 Å². The standard InChI is InChI=1S/C6H6O.C4H4S.Zn/c7-6-4-2-1-3-5-6;1-2-4-5-3-1;/h1-5,7H;1-4H;. The Morgan fingerprint density at radius 1 is 0.846 bits per heavy atom. The summed E-state index contributed by atoms with van der Waals surface area (Å²) in [7, 11) is 0. The zero-order valence-corrected chi connectivity index (χ0v) is 11.0. The second-order valence-electron chi connectivity index (χ2n) is 2.13. The largest absolute Gasteiger partial charge is 0.508 e. The Hall–Kier alpha value is -0.657. The zero-order chi connectivity index (χ0) is 8.65. The zero-order valence-electron chi connectivity index (χ0n) is 7.26. The minimum absolute atomic E-state index is 0. The molecule has 2 rings (SSSR count). The fourth-order valence-electron chi connectivity index (χ4n) is 0.655. The van der Waals surface area contributed by atoms with Crippen LogP contribution in [0.15, 0.2) is 53.2 Å². The van der Waals surface area contributed by atoms with Gasteiger partial charge < -0.3 is 5.11 Å². The Kier molecular flexibility index (Phi) is 7.56. The van der Waals surface area contributed by atoms with Crippen molar-refractivity contribution >= 4 is 11.3 Å². The van der Waals surface area contributed by atoms with Gasteiger partial charge in [0.05, 0.1) is 0 Å². The van der Waals surface area contributed by atoms with Crippen molar-refractivity contribution in [3.63, 3.8) is 0 Å². The monoisotopic (exact) mass is 242 g/mol. The van der Waals surface area contributed by atoms with E-state index in [1.807, 2.05) is 29.0 Å². The van der Waals surface area contributed by atoms with E-state index in [-0.39, 0.29) is 19.5 Å². The van der Waals surface area contributed by atoms with Crippen molar-refractivity contribution < 1.29 is 24.6 Å². The number of para-hydroxylation sites is 1. The number of aromatic hydroxyl groups is 1. The Labute approximate surface area is 94.8 Å². The van der Waals surface area contributed by atoms with Crippen molar-refractivity contribution in [1.82, 2.24) is 0 Å². The summed E-state index contributed by atoms with van der Waals surface area (Å²) in [6.45, 7) is 0. The summed E-state index contributed by atoms with van der Waals surface area (Å²) >= 11 is 1.71. The predicted molar refractivity (Wildman–Crippen MR) is 52.4 cm³/mol. The fraction of sp³-hybridized carbons (Fsp3) is 0. The van der Waals surface area contributed by atoms with Crippen LogP contribution >= 0.6 is 11.3 Å². The average molecular weight is 244 g/mol. The number of thiophene rings is 1. The van der Waals surface area contributed by atoms with E-state index in [9.17, 15) is 0 Å². The molecule has 13 heavy (non-hydrogen) atoms. The second-order valence-corrected chi connectivity index (χ2v) is 2.95. The molecular formula is C10H10OSZn. The number of hydrogen-bond donors (Lipinski definition) is 1. The van der Waals surface area contributed by atoms with Crippen LogP contribution in [-0.2, 0) is 19.5 Å². The summed E-state index contributed by atoms with van der Waals surface area (Å²) in [6.07, 6.45) is 0. The summed E-state index contributed by atoms with van der Waals surface area (Å²) in [5.41, 5.74) is 0. The molecular weight excluding hydrogens is 234 g/mol. The van der Waals surface area contributed by atoms with Crippen LogP contribution in [0, 0.1) is 0 Å². The fourth-order valence-corrected chi connectivity index (χ4v) is 1.11. The minimum atomic E-state index is 0. The van der Waals surface area contributed by atoms with Crippen LogP contribution in [0.2, 0.25) is 0 Å². The van der Waals surface area contributed by atoms with Crippen LogP contribution in [0.3, 0.4) is 0 Å². The Bertz CT molecular complexity index is 264. The maximum absolute atomic E-state index is 8.63. The smallest absolute Gasteiger partial charge is 0.115 e. The minimum Gasteiger partial charge on any atom is -0.508 e. The van der Waals surface area contributed by atoms with Gasteiger partial charge in [-0.05, 0) is 22.9 Å². The summed E-state index contributed by atoms with van der Waals surface area (Å²) in [5.74, 6) is 0.322. The molecule has 1 heterocycles. The molecule has 3 heteroatoms. The quantitative estimate of drug-likeness (QED) is 0.705. The first-order valence-electron chi connectivity index (χ1n) is 3.61. The number of phenolic OH excluding ortho intramolecular Hbond substituents is 1. The molecule has 0 atom stereocenters. The average Bonchev–Trinajstić information content (AvgIpc) is 2.62. The van der Waals surface area contributed by atoms with Gasteiger partial charge in [-0.25, -0.2) is 0 Å². The predicted octanol–water partition coefficient (Wildman–Crippen LogP) is 3.14. The van der Waals surface area contributed by atoms with E-state index in [0.29, 0.717) is 5.75 Å². The molecule has 0 bridgehead atoms. The maximum atomic E-state index is 8.63. The van der Waals surface area contributed by atoms with Gasteiger partial charge in [0.2, 0.25) is 0 Å². The van der Waals surface area contributed by atoms with Crippen LogP contribution in [0.5, 0.6) is 5.75 Å². The van der Waals surface area contributed by atoms with E-state index in [0.717, 1.165) is 0 Å². The molecule has 0 amide bonds. The molecule has 0 saturated heterocycles. The molecule has 64 valence electrons. The van der Waals surface area contributed by atoms with E-state index < -0.39 is 0 Å². The van der Waals surface area contributed by atoms with Crippen LogP contribution in [0.4, 0.5) is 0 Å². The van der Waals surface area contributed by atoms with Crippen molar-refractivity contribution in [3.05, 3.63) is 53.2 Å². The van der Waals surface area contributed by atoms with Gasteiger partial charge in [0.25, 0.3) is 0 Å². The molecule has 0 fully saturated rings. The molecule has 0 radical (unpaired) electrons. The third-order valence-corrected chi connectivity index (χ3v) is 1.81. The van der Waals surface area contributed by atoms with E-state index in [4.69, 9.17) is 5.11 Å². The molecule has 0 unspecified atom stereocenters. The van der Waals surface area contributed by atoms with Gasteiger partial charge in [0, 0.05) is 19.5 Å². The van der Waals surface area contributed by atoms with E-state index in [1.54, 1.807) is 35.6 Å². The van der Waals surface area contributed by atoms with Gasteiger partial charge in [0.15, 0.2) is 0 Å². The van der Waals surface area contributed by atoms with Gasteiger partial charge in [-0.3, -0.25) is 0 Å². The topological polar surface area (TPSA) is 20.2 Å². The molecule has 0 aliphatic carbocycles. The number of hydrogen-bond acceptors (Lipinski definition) is 2. The first kappa shape index (κ1) is 12.3. The van der Waals surface area contributed by atoms with Gasteiger partial charge >= 0.3 is 0 Å². The Morgan fingerprint density at radius 2 is 1.38 bits per heavy atom. The number of phenols is 1. The van der Waals surface area contributed by atoms with Crippen LogP contribution in [-0.4, -0.2) is 5.11 Å². The van der Waals surface area contributed by atoms with Crippen molar-refractivity contribution in [1.29, 1.82) is 0 Å². The van der Waals surface area contributed by atoms with Crippen LogP contribution < -0.4 is 0 Å². The summed E-state index contributed by atoms with van der Waals surface area (Å²) in [6, 6.07) is 12.7. The molecule has 1 N–H and O–H groups in total. The molecule has 0 aliphatic rings. The van der Waals surface area contributed by atoms with Crippen molar-refractivity contribution in [2.45, 2.75) is 0 Å². The van der Waals surface area contributed by atoms with Gasteiger partial charge in [0.1, 0.15) is 5.75 Å². The SMILES string of the molecule is Oc1ccccc1.[Zn].c1ccsc1. The number of benzene rings is 1. The third kappa shape index (κ3) is 6.50. The third-order valence-electron chi connectivity index (χ3n) is 1.18. The molecule has 1 aromatic carbocycles. The molecule has 0 saturated carbocycles. The van der Waals surface area contributed by atoms with Crippen LogP contribution in [0.1, 0.15) is 0 Å². The van der Waals surface area contributed by atoms with E-state index in [1.165, 1.54) is 0 Å². The normalized spacial score (nSPS) is 7.69. The van der Waals surface area contributed by atoms with Gasteiger partial charge in [-0.15, -0.1) is 0 Å². The van der Waals surface area contributed by atoms with Crippen LogP contribution in [0.25, 0.3) is 0 Å². The Balaban J connectivity index is 0.000000215. The van der Waals surface area contributed by atoms with E-state index in [2.05, 4.69) is 0 Å². The van der Waals surface area contributed by atoms with Crippen molar-refractivity contribution in [3.8, 4) is 5.75 Å². The Morgan fingerprint density at radius 3 is 1.62 bits per heavy atom. The molecule has 1 aromatic heterocycles. The van der Waals surface area contributed by atoms with Crippen molar-refractivity contribution in [2.75, 3.05) is 0 Å². The second kappa shape index (κ2) is 7.97. The molecule has 0 spiro atoms. The molecule has 1 nitrogen and oxygen atoms in total. The summed E-state index contributed by atoms with van der Waals surface area (Å²) < 4.78 is 0. The first-order chi connectivity index (χ1) is 5.89.